The van der Waals surface area contributed by atoms with E-state index in [2.05, 4.69) is 15.7 Å². The second kappa shape index (κ2) is 9.17. The molecule has 0 aliphatic carbocycles. The van der Waals surface area contributed by atoms with E-state index >= 15 is 0 Å². The Morgan fingerprint density at radius 2 is 2.20 bits per heavy atom. The average Bonchev–Trinajstić information content (AvgIpc) is 2.47. The first kappa shape index (κ1) is 16.3. The van der Waals surface area contributed by atoms with Crippen LogP contribution in [-0.4, -0.2) is 32.8 Å². The van der Waals surface area contributed by atoms with Crippen LogP contribution < -0.4 is 21.3 Å². The Morgan fingerprint density at radius 3 is 2.80 bits per heavy atom. The van der Waals surface area contributed by atoms with Gasteiger partial charge in [0.2, 0.25) is 5.96 Å². The SMILES string of the molecule is CCOCCCN=C(NN)Nc1ccc(OC)cc1C. The zero-order chi connectivity index (χ0) is 14.8. The monoisotopic (exact) mass is 280 g/mol. The van der Waals surface area contributed by atoms with E-state index in [0.717, 1.165) is 30.0 Å². The number of aliphatic imine (C=N–C) groups is 1. The number of hydrazine groups is 1. The number of hydrogen-bond donors (Lipinski definition) is 3. The highest BCUT2D eigenvalue weighted by molar-refractivity contribution is 5.93. The van der Waals surface area contributed by atoms with Gasteiger partial charge in [0.15, 0.2) is 0 Å². The molecule has 0 saturated heterocycles. The number of guanidine groups is 1. The van der Waals surface area contributed by atoms with Crippen LogP contribution in [0.25, 0.3) is 0 Å². The molecule has 0 bridgehead atoms. The lowest BCUT2D eigenvalue weighted by molar-refractivity contribution is 0.146. The standard InChI is InChI=1S/C14H24N4O2/c1-4-20-9-5-8-16-14(18-15)17-13-7-6-12(19-3)10-11(13)2/h6-7,10H,4-5,8-9,15H2,1-3H3,(H2,16,17,18). The topological polar surface area (TPSA) is 80.9 Å². The largest absolute Gasteiger partial charge is 0.497 e. The summed E-state index contributed by atoms with van der Waals surface area (Å²) < 4.78 is 10.4. The third-order valence-electron chi connectivity index (χ3n) is 2.74. The van der Waals surface area contributed by atoms with Gasteiger partial charge in [0.05, 0.1) is 7.11 Å². The van der Waals surface area contributed by atoms with Gasteiger partial charge in [0.1, 0.15) is 5.75 Å². The molecule has 1 rings (SSSR count). The molecular weight excluding hydrogens is 256 g/mol. The molecule has 0 aliphatic heterocycles. The highest BCUT2D eigenvalue weighted by Crippen LogP contribution is 2.20. The van der Waals surface area contributed by atoms with E-state index in [1.165, 1.54) is 0 Å². The van der Waals surface area contributed by atoms with Gasteiger partial charge in [-0.1, -0.05) is 0 Å². The van der Waals surface area contributed by atoms with Crippen LogP contribution in [0.3, 0.4) is 0 Å². The van der Waals surface area contributed by atoms with Crippen LogP contribution in [0, 0.1) is 6.92 Å². The molecule has 0 aromatic heterocycles. The average molecular weight is 280 g/mol. The summed E-state index contributed by atoms with van der Waals surface area (Å²) in [5.74, 6) is 6.83. The lowest BCUT2D eigenvalue weighted by atomic mass is 10.2. The third kappa shape index (κ3) is 5.46. The molecule has 4 N–H and O–H groups in total. The van der Waals surface area contributed by atoms with Crippen LogP contribution in [0.4, 0.5) is 5.69 Å². The van der Waals surface area contributed by atoms with Crippen LogP contribution >= 0.6 is 0 Å². The van der Waals surface area contributed by atoms with Crippen LogP contribution in [0.1, 0.15) is 18.9 Å². The van der Waals surface area contributed by atoms with Crippen LogP contribution in [0.15, 0.2) is 23.2 Å². The van der Waals surface area contributed by atoms with Gasteiger partial charge in [-0.2, -0.15) is 0 Å². The fourth-order valence-corrected chi connectivity index (χ4v) is 1.65. The molecule has 20 heavy (non-hydrogen) atoms. The minimum Gasteiger partial charge on any atom is -0.497 e. The summed E-state index contributed by atoms with van der Waals surface area (Å²) in [5.41, 5.74) is 4.56. The number of benzene rings is 1. The lowest BCUT2D eigenvalue weighted by Crippen LogP contribution is -2.36. The zero-order valence-corrected chi connectivity index (χ0v) is 12.4. The maximum atomic E-state index is 5.47. The summed E-state index contributed by atoms with van der Waals surface area (Å²) in [6.45, 7) is 6.06. The molecule has 0 atom stereocenters. The number of hydrogen-bond acceptors (Lipinski definition) is 4. The molecular formula is C14H24N4O2. The molecule has 1 aromatic rings. The van der Waals surface area contributed by atoms with E-state index in [0.29, 0.717) is 19.1 Å². The number of rotatable bonds is 7. The van der Waals surface area contributed by atoms with Gasteiger partial charge < -0.3 is 14.8 Å². The van der Waals surface area contributed by atoms with Crippen molar-refractivity contribution < 1.29 is 9.47 Å². The predicted molar refractivity (Wildman–Crippen MR) is 82.1 cm³/mol. The first-order chi connectivity index (χ1) is 9.71. The van der Waals surface area contributed by atoms with Crippen molar-refractivity contribution in [3.63, 3.8) is 0 Å². The second-order valence-corrected chi connectivity index (χ2v) is 4.23. The number of nitrogens with two attached hydrogens (primary N) is 1. The van der Waals surface area contributed by atoms with E-state index < -0.39 is 0 Å². The molecule has 0 radical (unpaired) electrons. The number of ether oxygens (including phenoxy) is 2. The fourth-order valence-electron chi connectivity index (χ4n) is 1.65. The lowest BCUT2D eigenvalue weighted by Gasteiger charge is -2.12. The Labute approximate surface area is 120 Å². The summed E-state index contributed by atoms with van der Waals surface area (Å²) in [6, 6.07) is 5.77. The van der Waals surface area contributed by atoms with Crippen molar-refractivity contribution in [1.82, 2.24) is 5.43 Å². The van der Waals surface area contributed by atoms with Gasteiger partial charge >= 0.3 is 0 Å². The first-order valence-electron chi connectivity index (χ1n) is 6.71. The zero-order valence-electron chi connectivity index (χ0n) is 12.4. The molecule has 112 valence electrons. The van der Waals surface area contributed by atoms with Crippen LogP contribution in [-0.2, 0) is 4.74 Å². The van der Waals surface area contributed by atoms with Crippen molar-refractivity contribution in [3.05, 3.63) is 23.8 Å². The van der Waals surface area contributed by atoms with Crippen molar-refractivity contribution in [3.8, 4) is 5.75 Å². The Kier molecular flexibility index (Phi) is 7.46. The quantitative estimate of drug-likeness (QED) is 0.233. The molecule has 6 nitrogen and oxygen atoms in total. The van der Waals surface area contributed by atoms with Crippen molar-refractivity contribution in [2.24, 2.45) is 10.8 Å². The van der Waals surface area contributed by atoms with E-state index in [1.54, 1.807) is 7.11 Å². The number of aryl methyl sites for hydroxylation is 1. The second-order valence-electron chi connectivity index (χ2n) is 4.23. The summed E-state index contributed by atoms with van der Waals surface area (Å²) in [4.78, 5) is 4.35. The van der Waals surface area contributed by atoms with Crippen LogP contribution in [0.5, 0.6) is 5.75 Å². The molecule has 0 aliphatic rings. The number of nitrogens with one attached hydrogen (secondary N) is 2. The molecule has 0 spiro atoms. The minimum atomic E-state index is 0.537. The Bertz CT molecular complexity index is 435. The highest BCUT2D eigenvalue weighted by atomic mass is 16.5. The molecule has 6 heteroatoms. The van der Waals surface area contributed by atoms with E-state index in [-0.39, 0.29) is 0 Å². The maximum Gasteiger partial charge on any atom is 0.210 e. The molecule has 1 aromatic carbocycles. The van der Waals surface area contributed by atoms with E-state index in [9.17, 15) is 0 Å². The number of methoxy groups -OCH3 is 1. The van der Waals surface area contributed by atoms with Crippen molar-refractivity contribution in [2.75, 3.05) is 32.2 Å². The Morgan fingerprint density at radius 1 is 1.40 bits per heavy atom. The van der Waals surface area contributed by atoms with E-state index in [4.69, 9.17) is 15.3 Å². The van der Waals surface area contributed by atoms with Crippen molar-refractivity contribution in [2.45, 2.75) is 20.3 Å². The van der Waals surface area contributed by atoms with Gasteiger partial charge in [-0.15, -0.1) is 0 Å². The molecule has 0 fully saturated rings. The number of anilines is 1. The molecule has 0 amide bonds. The third-order valence-corrected chi connectivity index (χ3v) is 2.74. The highest BCUT2D eigenvalue weighted by Gasteiger charge is 2.03. The van der Waals surface area contributed by atoms with Crippen molar-refractivity contribution >= 4 is 11.6 Å². The normalized spacial score (nSPS) is 11.3. The van der Waals surface area contributed by atoms with Gasteiger partial charge in [0.25, 0.3) is 0 Å². The van der Waals surface area contributed by atoms with Gasteiger partial charge in [-0.3, -0.25) is 10.4 Å². The smallest absolute Gasteiger partial charge is 0.210 e. The molecule has 0 unspecified atom stereocenters. The Hall–Kier alpha value is -1.79. The van der Waals surface area contributed by atoms with Gasteiger partial charge in [-0.05, 0) is 44.0 Å². The molecule has 0 saturated carbocycles. The summed E-state index contributed by atoms with van der Waals surface area (Å²) in [7, 11) is 1.65. The number of nitrogens with zero attached hydrogens (tertiary/aromatic N) is 1. The maximum absolute atomic E-state index is 5.47. The Balaban J connectivity index is 2.57. The summed E-state index contributed by atoms with van der Waals surface area (Å²) in [5, 5.41) is 3.16. The first-order valence-corrected chi connectivity index (χ1v) is 6.71. The van der Waals surface area contributed by atoms with Gasteiger partial charge in [-0.25, -0.2) is 5.84 Å². The minimum absolute atomic E-state index is 0.537. The van der Waals surface area contributed by atoms with Crippen LogP contribution in [0.2, 0.25) is 0 Å². The van der Waals surface area contributed by atoms with E-state index in [1.807, 2.05) is 32.0 Å². The molecule has 0 heterocycles. The summed E-state index contributed by atoms with van der Waals surface area (Å²) >= 11 is 0. The summed E-state index contributed by atoms with van der Waals surface area (Å²) in [6.07, 6.45) is 0.863. The van der Waals surface area contributed by atoms with Crippen molar-refractivity contribution in [1.29, 1.82) is 0 Å². The van der Waals surface area contributed by atoms with Gasteiger partial charge in [0, 0.05) is 25.4 Å². The predicted octanol–water partition coefficient (Wildman–Crippen LogP) is 1.66. The fraction of sp³-hybridized carbons (Fsp3) is 0.500.